The summed E-state index contributed by atoms with van der Waals surface area (Å²) in [7, 11) is 0. The zero-order chi connectivity index (χ0) is 24.3. The zero-order valence-corrected chi connectivity index (χ0v) is 17.5. The summed E-state index contributed by atoms with van der Waals surface area (Å²) in [6, 6.07) is -2.32. The molecule has 1 unspecified atom stereocenters. The third-order valence-electron chi connectivity index (χ3n) is 5.39. The smallest absolute Gasteiger partial charge is 0.403 e. The first-order valence-corrected chi connectivity index (χ1v) is 10.00. The molecule has 2 atom stereocenters. The summed E-state index contributed by atoms with van der Waals surface area (Å²) in [4.78, 5) is 60.6. The number of hydrogen-bond donors (Lipinski definition) is 2. The van der Waals surface area contributed by atoms with Gasteiger partial charge < -0.3 is 5.11 Å². The van der Waals surface area contributed by atoms with Gasteiger partial charge in [-0.2, -0.15) is 13.2 Å². The monoisotopic (exact) mass is 459 g/mol. The van der Waals surface area contributed by atoms with Gasteiger partial charge in [-0.25, -0.2) is 9.69 Å². The number of halogens is 3. The molecule has 4 amide bonds. The molecule has 32 heavy (non-hydrogen) atoms. The molecule has 2 aliphatic heterocycles. The first-order valence-electron chi connectivity index (χ1n) is 10.00. The van der Waals surface area contributed by atoms with Gasteiger partial charge in [0.25, 0.3) is 23.6 Å². The molecule has 9 nitrogen and oxygen atoms in total. The number of amides is 4. The molecule has 2 N–H and O–H groups in total. The van der Waals surface area contributed by atoms with Crippen molar-refractivity contribution in [1.82, 2.24) is 15.1 Å². The molecule has 2 heterocycles. The quantitative estimate of drug-likeness (QED) is 0.353. The van der Waals surface area contributed by atoms with Crippen LogP contribution in [0.2, 0.25) is 0 Å². The maximum atomic E-state index is 13.8. The summed E-state index contributed by atoms with van der Waals surface area (Å²) in [5.74, 6) is -5.88. The summed E-state index contributed by atoms with van der Waals surface area (Å²) >= 11 is 0. The van der Waals surface area contributed by atoms with Gasteiger partial charge in [0.1, 0.15) is 6.04 Å². The Morgan fingerprint density at radius 3 is 1.88 bits per heavy atom. The van der Waals surface area contributed by atoms with Crippen LogP contribution < -0.4 is 5.32 Å². The lowest BCUT2D eigenvalue weighted by Gasteiger charge is -2.43. The van der Waals surface area contributed by atoms with E-state index in [4.69, 9.17) is 0 Å². The number of alkyl halides is 3. The second kappa shape index (κ2) is 9.63. The number of unbranched alkanes of at least 4 members (excludes halogenated alkanes) is 2. The summed E-state index contributed by atoms with van der Waals surface area (Å²) in [6.07, 6.45) is -1.06. The summed E-state index contributed by atoms with van der Waals surface area (Å²) in [5.41, 5.74) is -2.60. The van der Waals surface area contributed by atoms with E-state index < -0.39 is 59.8 Å². The maximum Gasteiger partial charge on any atom is 0.403 e. The highest BCUT2D eigenvalue weighted by atomic mass is 19.4. The molecule has 0 aromatic heterocycles. The number of carbonyl (C=O) groups excluding carboxylic acids is 4. The fourth-order valence-corrected chi connectivity index (χ4v) is 3.67. The fourth-order valence-electron chi connectivity index (χ4n) is 3.67. The van der Waals surface area contributed by atoms with E-state index in [0.717, 1.165) is 29.2 Å². The predicted octanol–water partition coefficient (Wildman–Crippen LogP) is 1.35. The Balaban J connectivity index is 2.10. The van der Waals surface area contributed by atoms with E-state index in [0.29, 0.717) is 4.90 Å². The number of carbonyl (C=O) groups is 5. The molecule has 0 aromatic carbocycles. The van der Waals surface area contributed by atoms with E-state index in [1.54, 1.807) is 0 Å². The molecule has 2 rings (SSSR count). The minimum Gasteiger partial charge on any atom is -0.478 e. The number of hydrogen-bond acceptors (Lipinski definition) is 6. The van der Waals surface area contributed by atoms with Crippen LogP contribution in [-0.4, -0.2) is 68.9 Å². The van der Waals surface area contributed by atoms with Gasteiger partial charge in [-0.1, -0.05) is 26.7 Å². The molecular weight excluding hydrogens is 435 g/mol. The number of carboxylic acids is 1. The van der Waals surface area contributed by atoms with E-state index >= 15 is 0 Å². The van der Waals surface area contributed by atoms with Crippen molar-refractivity contribution >= 4 is 29.6 Å². The van der Waals surface area contributed by atoms with Gasteiger partial charge in [0.05, 0.1) is 0 Å². The zero-order valence-electron chi connectivity index (χ0n) is 17.5. The van der Waals surface area contributed by atoms with Crippen molar-refractivity contribution in [3.8, 4) is 0 Å². The number of rotatable bonds is 11. The Hall–Kier alpha value is -3.02. The third-order valence-corrected chi connectivity index (χ3v) is 5.39. The summed E-state index contributed by atoms with van der Waals surface area (Å²) < 4.78 is 41.3. The Bertz CT molecular complexity index is 831. The molecule has 0 fully saturated rings. The highest BCUT2D eigenvalue weighted by molar-refractivity contribution is 6.15. The van der Waals surface area contributed by atoms with Crippen LogP contribution in [-0.2, 0) is 24.0 Å². The Morgan fingerprint density at radius 2 is 1.44 bits per heavy atom. The molecule has 2 aliphatic rings. The molecule has 0 radical (unpaired) electrons. The highest BCUT2D eigenvalue weighted by Crippen LogP contribution is 2.32. The van der Waals surface area contributed by atoms with E-state index in [-0.39, 0.29) is 25.8 Å². The lowest BCUT2D eigenvalue weighted by Crippen LogP contribution is -2.72. The standard InChI is InChI=1S/C20H24F3N3O6/c1-12(2)19(18(31)32,26-16(29)9-10-17(26)30)24-13(20(21,22)23)6-4-3-5-11-25-14(27)7-8-15(25)28/h7-10,12-13,24H,3-6,11H2,1-2H3,(H,31,32)/t13?,19-/m0/s1. The van der Waals surface area contributed by atoms with Crippen molar-refractivity contribution in [2.75, 3.05) is 6.54 Å². The van der Waals surface area contributed by atoms with Crippen molar-refractivity contribution in [1.29, 1.82) is 0 Å². The van der Waals surface area contributed by atoms with E-state index in [2.05, 4.69) is 0 Å². The topological polar surface area (TPSA) is 124 Å². The molecule has 0 bridgehead atoms. The minimum atomic E-state index is -4.86. The fraction of sp³-hybridized carbons (Fsp3) is 0.550. The molecule has 0 aromatic rings. The van der Waals surface area contributed by atoms with E-state index in [1.807, 2.05) is 5.32 Å². The lowest BCUT2D eigenvalue weighted by atomic mass is 9.91. The number of nitrogens with one attached hydrogen (secondary N) is 1. The molecule has 0 saturated carbocycles. The predicted molar refractivity (Wildman–Crippen MR) is 104 cm³/mol. The van der Waals surface area contributed by atoms with E-state index in [9.17, 15) is 42.3 Å². The third kappa shape index (κ3) is 5.06. The van der Waals surface area contributed by atoms with Gasteiger partial charge in [0.2, 0.25) is 5.66 Å². The van der Waals surface area contributed by atoms with Crippen molar-refractivity contribution in [3.63, 3.8) is 0 Å². The Morgan fingerprint density at radius 1 is 0.938 bits per heavy atom. The van der Waals surface area contributed by atoms with Crippen LogP contribution in [0, 0.1) is 5.92 Å². The van der Waals surface area contributed by atoms with Gasteiger partial charge in [0.15, 0.2) is 0 Å². The van der Waals surface area contributed by atoms with Crippen molar-refractivity contribution in [2.45, 2.75) is 57.4 Å². The molecule has 0 aliphatic carbocycles. The number of aliphatic carboxylic acids is 1. The Labute approximate surface area is 181 Å². The largest absolute Gasteiger partial charge is 0.478 e. The average molecular weight is 459 g/mol. The second-order valence-electron chi connectivity index (χ2n) is 7.82. The minimum absolute atomic E-state index is 0.00520. The molecule has 176 valence electrons. The van der Waals surface area contributed by atoms with Gasteiger partial charge in [-0.05, 0) is 12.8 Å². The highest BCUT2D eigenvalue weighted by Gasteiger charge is 2.56. The van der Waals surface area contributed by atoms with Gasteiger partial charge in [-0.3, -0.25) is 29.4 Å². The van der Waals surface area contributed by atoms with E-state index in [1.165, 1.54) is 13.8 Å². The summed E-state index contributed by atoms with van der Waals surface area (Å²) in [5, 5.41) is 11.9. The summed E-state index contributed by atoms with van der Waals surface area (Å²) in [6.45, 7) is 2.65. The molecule has 0 spiro atoms. The molecule has 12 heteroatoms. The van der Waals surface area contributed by atoms with Crippen LogP contribution in [0.25, 0.3) is 0 Å². The number of imide groups is 2. The van der Waals surface area contributed by atoms with Crippen molar-refractivity contribution in [3.05, 3.63) is 24.3 Å². The molecule has 0 saturated heterocycles. The van der Waals surface area contributed by atoms with Gasteiger partial charge >= 0.3 is 12.1 Å². The van der Waals surface area contributed by atoms with Crippen LogP contribution >= 0.6 is 0 Å². The van der Waals surface area contributed by atoms with Gasteiger partial charge in [-0.15, -0.1) is 0 Å². The lowest BCUT2D eigenvalue weighted by molar-refractivity contribution is -0.187. The maximum absolute atomic E-state index is 13.8. The Kier molecular flexibility index (Phi) is 7.60. The van der Waals surface area contributed by atoms with Crippen molar-refractivity contribution < 1.29 is 42.3 Å². The molecular formula is C20H24F3N3O6. The second-order valence-corrected chi connectivity index (χ2v) is 7.82. The van der Waals surface area contributed by atoms with Crippen LogP contribution in [0.3, 0.4) is 0 Å². The normalized spacial score (nSPS) is 19.4. The van der Waals surface area contributed by atoms with Crippen LogP contribution in [0.4, 0.5) is 13.2 Å². The average Bonchev–Trinajstić information content (AvgIpc) is 3.18. The van der Waals surface area contributed by atoms with Crippen LogP contribution in [0.5, 0.6) is 0 Å². The van der Waals surface area contributed by atoms with Crippen LogP contribution in [0.1, 0.15) is 39.5 Å². The van der Waals surface area contributed by atoms with Crippen molar-refractivity contribution in [2.24, 2.45) is 5.92 Å². The van der Waals surface area contributed by atoms with Crippen LogP contribution in [0.15, 0.2) is 24.3 Å². The first-order chi connectivity index (χ1) is 14.8. The van der Waals surface area contributed by atoms with Gasteiger partial charge in [0, 0.05) is 36.8 Å². The number of nitrogens with zero attached hydrogens (tertiary/aromatic N) is 2. The number of carboxylic acid groups (broad SMARTS) is 1. The first kappa shape index (κ1) is 25.2. The SMILES string of the molecule is CC(C)[C@@](NC(CCCCCN1C(=O)C=CC1=O)C(F)(F)F)(C(=O)O)N1C(=O)C=CC1=O.